The van der Waals surface area contributed by atoms with E-state index in [1.807, 2.05) is 29.8 Å². The maximum absolute atomic E-state index is 12.5. The summed E-state index contributed by atoms with van der Waals surface area (Å²) in [4.78, 5) is 14.7. The van der Waals surface area contributed by atoms with Crippen LogP contribution in [0.4, 0.5) is 5.95 Å². The number of carbonyl (C=O) groups excluding carboxylic acids is 1. The summed E-state index contributed by atoms with van der Waals surface area (Å²) >= 11 is 1.41. The van der Waals surface area contributed by atoms with Crippen LogP contribution in [0.3, 0.4) is 0 Å². The maximum Gasteiger partial charge on any atom is 0.230 e. The number of benzene rings is 1. The first-order valence-electron chi connectivity index (χ1n) is 9.25. The summed E-state index contributed by atoms with van der Waals surface area (Å²) in [7, 11) is 1.94. The molecule has 1 saturated heterocycles. The Bertz CT molecular complexity index is 744. The van der Waals surface area contributed by atoms with Crippen LogP contribution in [0, 0.1) is 5.92 Å². The fraction of sp³-hybridized carbons (Fsp3) is 0.526. The highest BCUT2D eigenvalue weighted by atomic mass is 32.2. The van der Waals surface area contributed by atoms with Crippen molar-refractivity contribution in [2.75, 3.05) is 37.0 Å². The van der Waals surface area contributed by atoms with Crippen LogP contribution in [0.2, 0.25) is 0 Å². The Morgan fingerprint density at radius 2 is 1.93 bits per heavy atom. The number of ether oxygens (including phenoxy) is 1. The van der Waals surface area contributed by atoms with Gasteiger partial charge in [-0.2, -0.15) is 0 Å². The second-order valence-electron chi connectivity index (χ2n) is 6.93. The van der Waals surface area contributed by atoms with Crippen LogP contribution in [0.25, 0.3) is 0 Å². The molecule has 2 aromatic rings. The first-order valence-corrected chi connectivity index (χ1v) is 10.2. The van der Waals surface area contributed by atoms with E-state index in [1.165, 1.54) is 11.8 Å². The molecule has 146 valence electrons. The van der Waals surface area contributed by atoms with Gasteiger partial charge in [0.15, 0.2) is 5.16 Å². The summed E-state index contributed by atoms with van der Waals surface area (Å²) in [6.07, 6.45) is 0. The zero-order valence-corrected chi connectivity index (χ0v) is 16.9. The van der Waals surface area contributed by atoms with Gasteiger partial charge in [0.1, 0.15) is 0 Å². The van der Waals surface area contributed by atoms with E-state index in [0.29, 0.717) is 24.9 Å². The van der Waals surface area contributed by atoms with Gasteiger partial charge in [0.05, 0.1) is 25.0 Å². The second-order valence-corrected chi connectivity index (χ2v) is 7.87. The van der Waals surface area contributed by atoms with Gasteiger partial charge in [-0.1, -0.05) is 55.9 Å². The van der Waals surface area contributed by atoms with E-state index in [0.717, 1.165) is 29.8 Å². The molecule has 0 spiro atoms. The predicted molar refractivity (Wildman–Crippen MR) is 107 cm³/mol. The summed E-state index contributed by atoms with van der Waals surface area (Å²) in [5.74, 6) is 1.44. The fourth-order valence-electron chi connectivity index (χ4n) is 3.11. The highest BCUT2D eigenvalue weighted by Gasteiger charge is 2.21. The summed E-state index contributed by atoms with van der Waals surface area (Å²) in [6, 6.07) is 10.1. The number of amides is 1. The zero-order valence-electron chi connectivity index (χ0n) is 16.1. The highest BCUT2D eigenvalue weighted by Crippen LogP contribution is 2.23. The molecular weight excluding hydrogens is 362 g/mol. The number of morpholine rings is 1. The van der Waals surface area contributed by atoms with Crippen molar-refractivity contribution in [2.24, 2.45) is 13.0 Å². The first kappa shape index (κ1) is 19.7. The Morgan fingerprint density at radius 3 is 2.59 bits per heavy atom. The molecule has 2 heterocycles. The molecule has 1 unspecified atom stereocenters. The molecule has 0 bridgehead atoms. The lowest BCUT2D eigenvalue weighted by molar-refractivity contribution is -0.119. The number of thioether (sulfide) groups is 1. The predicted octanol–water partition coefficient (Wildman–Crippen LogP) is 2.26. The molecule has 3 rings (SSSR count). The van der Waals surface area contributed by atoms with Gasteiger partial charge in [0.25, 0.3) is 0 Å². The van der Waals surface area contributed by atoms with Crippen LogP contribution >= 0.6 is 11.8 Å². The number of anilines is 1. The van der Waals surface area contributed by atoms with Crippen LogP contribution in [0.15, 0.2) is 35.5 Å². The van der Waals surface area contributed by atoms with Crippen molar-refractivity contribution in [1.82, 2.24) is 20.1 Å². The van der Waals surface area contributed by atoms with E-state index >= 15 is 0 Å². The maximum atomic E-state index is 12.5. The molecule has 1 aromatic carbocycles. The summed E-state index contributed by atoms with van der Waals surface area (Å²) in [5.41, 5.74) is 1.12. The molecule has 1 aliphatic heterocycles. The molecule has 1 N–H and O–H groups in total. The molecule has 0 aliphatic carbocycles. The molecule has 7 nitrogen and oxygen atoms in total. The molecule has 27 heavy (non-hydrogen) atoms. The average Bonchev–Trinajstić information content (AvgIpc) is 3.06. The average molecular weight is 390 g/mol. The van der Waals surface area contributed by atoms with Gasteiger partial charge < -0.3 is 15.0 Å². The van der Waals surface area contributed by atoms with Gasteiger partial charge in [-0.3, -0.25) is 9.36 Å². The van der Waals surface area contributed by atoms with Crippen molar-refractivity contribution >= 4 is 23.6 Å². The van der Waals surface area contributed by atoms with Gasteiger partial charge in [0, 0.05) is 20.1 Å². The van der Waals surface area contributed by atoms with Crippen molar-refractivity contribution in [3.8, 4) is 0 Å². The fourth-order valence-corrected chi connectivity index (χ4v) is 3.83. The molecule has 1 aliphatic rings. The molecule has 1 amide bonds. The number of nitrogens with zero attached hydrogens (tertiary/aromatic N) is 4. The van der Waals surface area contributed by atoms with E-state index in [-0.39, 0.29) is 11.9 Å². The Balaban J connectivity index is 1.58. The quantitative estimate of drug-likeness (QED) is 0.733. The van der Waals surface area contributed by atoms with Gasteiger partial charge in [-0.05, 0) is 11.5 Å². The van der Waals surface area contributed by atoms with Crippen LogP contribution < -0.4 is 10.2 Å². The number of nitrogens with one attached hydrogen (secondary N) is 1. The van der Waals surface area contributed by atoms with Gasteiger partial charge in [-0.25, -0.2) is 0 Å². The minimum Gasteiger partial charge on any atom is -0.378 e. The van der Waals surface area contributed by atoms with Crippen LogP contribution in [-0.4, -0.2) is 52.7 Å². The Kier molecular flexibility index (Phi) is 6.73. The van der Waals surface area contributed by atoms with Gasteiger partial charge >= 0.3 is 0 Å². The largest absolute Gasteiger partial charge is 0.378 e. The number of hydrogen-bond acceptors (Lipinski definition) is 6. The Morgan fingerprint density at radius 1 is 1.22 bits per heavy atom. The SMILES string of the molecule is CC(C)C(NC(=O)CSc1nnc(N2CCOCC2)n1C)c1ccccc1. The topological polar surface area (TPSA) is 72.3 Å². The zero-order chi connectivity index (χ0) is 19.2. The molecular formula is C19H27N5O2S. The normalized spacial score (nSPS) is 15.8. The third-order valence-electron chi connectivity index (χ3n) is 4.58. The monoisotopic (exact) mass is 389 g/mol. The van der Waals surface area contributed by atoms with Crippen LogP contribution in [0.5, 0.6) is 0 Å². The van der Waals surface area contributed by atoms with Crippen LogP contribution in [-0.2, 0) is 16.6 Å². The van der Waals surface area contributed by atoms with E-state index in [4.69, 9.17) is 4.74 Å². The van der Waals surface area contributed by atoms with E-state index in [2.05, 4.69) is 46.4 Å². The van der Waals surface area contributed by atoms with Gasteiger partial charge in [-0.15, -0.1) is 10.2 Å². The van der Waals surface area contributed by atoms with Crippen LogP contribution in [0.1, 0.15) is 25.5 Å². The number of aromatic nitrogens is 3. The van der Waals surface area contributed by atoms with Gasteiger partial charge in [0.2, 0.25) is 11.9 Å². The van der Waals surface area contributed by atoms with E-state index in [1.54, 1.807) is 0 Å². The lowest BCUT2D eigenvalue weighted by Crippen LogP contribution is -2.37. The summed E-state index contributed by atoms with van der Waals surface area (Å²) in [6.45, 7) is 7.25. The number of rotatable bonds is 7. The smallest absolute Gasteiger partial charge is 0.230 e. The molecule has 1 aromatic heterocycles. The third kappa shape index (κ3) is 5.01. The molecule has 1 fully saturated rings. The standard InChI is InChI=1S/C19H27N5O2S/c1-14(2)17(15-7-5-4-6-8-15)20-16(25)13-27-19-22-21-18(23(19)3)24-9-11-26-12-10-24/h4-8,14,17H,9-13H2,1-3H3,(H,20,25). The lowest BCUT2D eigenvalue weighted by atomic mass is 9.96. The summed E-state index contributed by atoms with van der Waals surface area (Å²) < 4.78 is 7.33. The Hall–Kier alpha value is -2.06. The Labute approximate surface area is 164 Å². The van der Waals surface area contributed by atoms with E-state index < -0.39 is 0 Å². The van der Waals surface area contributed by atoms with Crippen molar-refractivity contribution in [2.45, 2.75) is 25.0 Å². The van der Waals surface area contributed by atoms with Crippen molar-refractivity contribution in [1.29, 1.82) is 0 Å². The first-order chi connectivity index (χ1) is 13.1. The number of carbonyl (C=O) groups is 1. The van der Waals surface area contributed by atoms with Crippen molar-refractivity contribution in [3.63, 3.8) is 0 Å². The molecule has 0 radical (unpaired) electrons. The minimum absolute atomic E-state index is 0.00141. The molecule has 1 atom stereocenters. The highest BCUT2D eigenvalue weighted by molar-refractivity contribution is 7.99. The summed E-state index contributed by atoms with van der Waals surface area (Å²) in [5, 5.41) is 12.4. The van der Waals surface area contributed by atoms with E-state index in [9.17, 15) is 4.79 Å². The lowest BCUT2D eigenvalue weighted by Gasteiger charge is -2.27. The van der Waals surface area contributed by atoms with Crippen molar-refractivity contribution in [3.05, 3.63) is 35.9 Å². The molecule has 8 heteroatoms. The minimum atomic E-state index is -0.00141. The third-order valence-corrected chi connectivity index (χ3v) is 5.60. The molecule has 0 saturated carbocycles. The van der Waals surface area contributed by atoms with Crippen molar-refractivity contribution < 1.29 is 9.53 Å². The number of hydrogen-bond donors (Lipinski definition) is 1. The second kappa shape index (κ2) is 9.23.